The fourth-order valence-corrected chi connectivity index (χ4v) is 5.95. The van der Waals surface area contributed by atoms with Gasteiger partial charge in [-0.25, -0.2) is 13.2 Å². The number of carbonyl (C=O) groups is 3. The topological polar surface area (TPSA) is 113 Å². The van der Waals surface area contributed by atoms with Crippen molar-refractivity contribution >= 4 is 49.8 Å². The van der Waals surface area contributed by atoms with Crippen molar-refractivity contribution in [3.8, 4) is 0 Å². The second kappa shape index (κ2) is 10.6. The fraction of sp³-hybridized carbons (Fsp3) is 0.435. The van der Waals surface area contributed by atoms with Crippen molar-refractivity contribution in [2.45, 2.75) is 32.6 Å². The number of nitrogens with zero attached hydrogens (tertiary/aromatic N) is 2. The summed E-state index contributed by atoms with van der Waals surface area (Å²) in [6, 6.07) is 6.00. The summed E-state index contributed by atoms with van der Waals surface area (Å²) in [4.78, 5) is 40.1. The molecule has 2 amide bonds. The van der Waals surface area contributed by atoms with Gasteiger partial charge in [0.2, 0.25) is 15.9 Å². The molecule has 0 saturated heterocycles. The summed E-state index contributed by atoms with van der Waals surface area (Å²) in [5.74, 6) is -1.29. The van der Waals surface area contributed by atoms with Gasteiger partial charge in [-0.05, 0) is 62.4 Å². The average Bonchev–Trinajstić information content (AvgIpc) is 3.14. The lowest BCUT2D eigenvalue weighted by Crippen LogP contribution is -2.37. The highest BCUT2D eigenvalue weighted by Gasteiger charge is 2.28. The number of rotatable bonds is 8. The summed E-state index contributed by atoms with van der Waals surface area (Å²) in [5, 5.41) is 3.12. The first-order valence-corrected chi connectivity index (χ1v) is 13.6. The summed E-state index contributed by atoms with van der Waals surface area (Å²) < 4.78 is 31.1. The smallest absolute Gasteiger partial charge is 0.341 e. The Labute approximate surface area is 203 Å². The second-order valence-electron chi connectivity index (χ2n) is 8.20. The van der Waals surface area contributed by atoms with Gasteiger partial charge in [0.15, 0.2) is 0 Å². The van der Waals surface area contributed by atoms with E-state index in [0.29, 0.717) is 16.1 Å². The number of carbonyl (C=O) groups excluding carboxylic acids is 3. The van der Waals surface area contributed by atoms with Crippen LogP contribution in [0, 0.1) is 0 Å². The SMILES string of the molecule is CCOC(=O)c1c(NC(=O)CN(c2ccc(C(=O)N(C)C)cc2)S(C)(=O)=O)sc2c1CCCC2. The molecule has 1 heterocycles. The van der Waals surface area contributed by atoms with E-state index < -0.39 is 28.4 Å². The maximum absolute atomic E-state index is 12.9. The maximum Gasteiger partial charge on any atom is 0.341 e. The normalized spacial score (nSPS) is 13.1. The molecule has 1 aliphatic carbocycles. The van der Waals surface area contributed by atoms with Crippen LogP contribution in [0.4, 0.5) is 10.7 Å². The van der Waals surface area contributed by atoms with Crippen LogP contribution in [-0.4, -0.2) is 64.6 Å². The Bertz CT molecular complexity index is 1190. The molecule has 0 atom stereocenters. The van der Waals surface area contributed by atoms with Crippen LogP contribution < -0.4 is 9.62 Å². The number of hydrogen-bond donors (Lipinski definition) is 1. The minimum Gasteiger partial charge on any atom is -0.462 e. The van der Waals surface area contributed by atoms with E-state index >= 15 is 0 Å². The Balaban J connectivity index is 1.85. The lowest BCUT2D eigenvalue weighted by atomic mass is 9.95. The molecule has 0 fully saturated rings. The molecule has 1 aliphatic rings. The Hall–Kier alpha value is -2.92. The summed E-state index contributed by atoms with van der Waals surface area (Å²) >= 11 is 1.34. The molecule has 11 heteroatoms. The lowest BCUT2D eigenvalue weighted by Gasteiger charge is -2.22. The number of nitrogens with one attached hydrogen (secondary N) is 1. The molecule has 0 unspecified atom stereocenters. The molecule has 2 aromatic rings. The molecule has 34 heavy (non-hydrogen) atoms. The highest BCUT2D eigenvalue weighted by atomic mass is 32.2. The van der Waals surface area contributed by atoms with Crippen LogP contribution in [0.15, 0.2) is 24.3 Å². The quantitative estimate of drug-likeness (QED) is 0.550. The van der Waals surface area contributed by atoms with Gasteiger partial charge in [0.25, 0.3) is 5.91 Å². The van der Waals surface area contributed by atoms with Gasteiger partial charge in [-0.15, -0.1) is 11.3 Å². The number of benzene rings is 1. The molecule has 3 rings (SSSR count). The molecule has 0 radical (unpaired) electrons. The third-order valence-corrected chi connectivity index (χ3v) is 7.75. The third kappa shape index (κ3) is 5.76. The molecule has 184 valence electrons. The predicted octanol–water partition coefficient (Wildman–Crippen LogP) is 2.91. The molecular weight excluding hydrogens is 478 g/mol. The first-order chi connectivity index (χ1) is 16.0. The number of ether oxygens (including phenoxy) is 1. The highest BCUT2D eigenvalue weighted by Crippen LogP contribution is 2.38. The van der Waals surface area contributed by atoms with Gasteiger partial charge in [0.05, 0.1) is 24.1 Å². The van der Waals surface area contributed by atoms with Crippen molar-refractivity contribution in [3.63, 3.8) is 0 Å². The van der Waals surface area contributed by atoms with Crippen LogP contribution in [0.1, 0.15) is 50.9 Å². The predicted molar refractivity (Wildman–Crippen MR) is 132 cm³/mol. The molecule has 0 spiro atoms. The van der Waals surface area contributed by atoms with E-state index in [0.717, 1.165) is 46.7 Å². The van der Waals surface area contributed by atoms with Crippen molar-refractivity contribution in [1.82, 2.24) is 4.90 Å². The van der Waals surface area contributed by atoms with Gasteiger partial charge < -0.3 is 15.0 Å². The van der Waals surface area contributed by atoms with E-state index in [1.807, 2.05) is 0 Å². The Kier molecular flexibility index (Phi) is 7.98. The average molecular weight is 508 g/mol. The van der Waals surface area contributed by atoms with Crippen molar-refractivity contribution in [2.75, 3.05) is 43.1 Å². The Morgan fingerprint density at radius 2 is 1.74 bits per heavy atom. The van der Waals surface area contributed by atoms with Crippen LogP contribution in [0.5, 0.6) is 0 Å². The van der Waals surface area contributed by atoms with Gasteiger partial charge in [0.1, 0.15) is 11.5 Å². The minimum absolute atomic E-state index is 0.213. The van der Waals surface area contributed by atoms with E-state index in [2.05, 4.69) is 5.32 Å². The van der Waals surface area contributed by atoms with Crippen LogP contribution in [0.25, 0.3) is 0 Å². The molecule has 1 N–H and O–H groups in total. The molecule has 9 nitrogen and oxygen atoms in total. The number of fused-ring (bicyclic) bond motifs is 1. The largest absolute Gasteiger partial charge is 0.462 e. The van der Waals surface area contributed by atoms with Crippen molar-refractivity contribution in [2.24, 2.45) is 0 Å². The number of anilines is 2. The monoisotopic (exact) mass is 507 g/mol. The van der Waals surface area contributed by atoms with E-state index in [9.17, 15) is 22.8 Å². The van der Waals surface area contributed by atoms with E-state index in [1.165, 1.54) is 40.5 Å². The zero-order valence-corrected chi connectivity index (χ0v) is 21.3. The zero-order valence-electron chi connectivity index (χ0n) is 19.7. The van der Waals surface area contributed by atoms with Gasteiger partial charge in [-0.2, -0.15) is 0 Å². The van der Waals surface area contributed by atoms with Gasteiger partial charge in [-0.3, -0.25) is 13.9 Å². The van der Waals surface area contributed by atoms with Crippen LogP contribution in [-0.2, 0) is 32.4 Å². The van der Waals surface area contributed by atoms with E-state index in [4.69, 9.17) is 4.74 Å². The summed E-state index contributed by atoms with van der Waals surface area (Å²) in [6.07, 6.45) is 4.54. The molecule has 0 saturated carbocycles. The number of hydrogen-bond acceptors (Lipinski definition) is 7. The molecule has 1 aromatic carbocycles. The van der Waals surface area contributed by atoms with Gasteiger partial charge >= 0.3 is 5.97 Å². The van der Waals surface area contributed by atoms with Crippen LogP contribution in [0.3, 0.4) is 0 Å². The first kappa shape index (κ1) is 25.7. The zero-order chi connectivity index (χ0) is 25.0. The first-order valence-electron chi connectivity index (χ1n) is 10.9. The summed E-state index contributed by atoms with van der Waals surface area (Å²) in [5.41, 5.74) is 1.93. The lowest BCUT2D eigenvalue weighted by molar-refractivity contribution is -0.114. The van der Waals surface area contributed by atoms with Gasteiger partial charge in [0, 0.05) is 24.5 Å². The number of esters is 1. The van der Waals surface area contributed by atoms with Crippen molar-refractivity contribution < 1.29 is 27.5 Å². The Morgan fingerprint density at radius 1 is 1.09 bits per heavy atom. The highest BCUT2D eigenvalue weighted by molar-refractivity contribution is 7.92. The summed E-state index contributed by atoms with van der Waals surface area (Å²) in [6.45, 7) is 1.45. The van der Waals surface area contributed by atoms with Crippen molar-refractivity contribution in [1.29, 1.82) is 0 Å². The van der Waals surface area contributed by atoms with Crippen molar-refractivity contribution in [3.05, 3.63) is 45.8 Å². The number of sulfonamides is 1. The molecular formula is C23H29N3O6S2. The molecule has 0 bridgehead atoms. The third-order valence-electron chi connectivity index (χ3n) is 5.40. The minimum atomic E-state index is -3.80. The maximum atomic E-state index is 12.9. The Morgan fingerprint density at radius 3 is 2.32 bits per heavy atom. The van der Waals surface area contributed by atoms with E-state index in [-0.39, 0.29) is 18.2 Å². The van der Waals surface area contributed by atoms with Crippen LogP contribution >= 0.6 is 11.3 Å². The number of amides is 2. The molecule has 0 aliphatic heterocycles. The molecule has 1 aromatic heterocycles. The fourth-order valence-electron chi connectivity index (χ4n) is 3.80. The number of aryl methyl sites for hydroxylation is 1. The van der Waals surface area contributed by atoms with Crippen LogP contribution in [0.2, 0.25) is 0 Å². The number of thiophene rings is 1. The standard InChI is InChI=1S/C23H29N3O6S2/c1-5-32-23(29)20-17-8-6-7-9-18(17)33-21(20)24-19(27)14-26(34(4,30)31)16-12-10-15(11-13-16)22(28)25(2)3/h10-13H,5-9,14H2,1-4H3,(H,24,27). The summed E-state index contributed by atoms with van der Waals surface area (Å²) in [7, 11) is -0.560. The van der Waals surface area contributed by atoms with Gasteiger partial charge in [-0.1, -0.05) is 0 Å². The second-order valence-corrected chi connectivity index (χ2v) is 11.2. The van der Waals surface area contributed by atoms with E-state index in [1.54, 1.807) is 21.0 Å².